The summed E-state index contributed by atoms with van der Waals surface area (Å²) in [5.41, 5.74) is 0.326. The summed E-state index contributed by atoms with van der Waals surface area (Å²) >= 11 is 1.45. The number of nitrogens with zero attached hydrogens (tertiary/aromatic N) is 1. The second-order valence-corrected chi connectivity index (χ2v) is 6.44. The van der Waals surface area contributed by atoms with Crippen LogP contribution >= 0.6 is 11.3 Å². The smallest absolute Gasteiger partial charge is 0.399 e. The van der Waals surface area contributed by atoms with Crippen molar-refractivity contribution in [3.05, 3.63) is 16.5 Å². The van der Waals surface area contributed by atoms with Crippen molar-refractivity contribution in [2.75, 3.05) is 0 Å². The van der Waals surface area contributed by atoms with Crippen molar-refractivity contribution in [2.45, 2.75) is 45.8 Å². The fraction of sp³-hybridized carbons (Fsp3) is 0.583. The van der Waals surface area contributed by atoms with E-state index in [2.05, 4.69) is 6.07 Å². The Balaban J connectivity index is 2.30. The first-order valence-corrected chi connectivity index (χ1v) is 6.44. The molecule has 1 aromatic heterocycles. The highest BCUT2D eigenvalue weighted by Gasteiger charge is 2.52. The van der Waals surface area contributed by atoms with Crippen LogP contribution in [0.15, 0.2) is 6.07 Å². The highest BCUT2D eigenvalue weighted by molar-refractivity contribution is 7.23. The van der Waals surface area contributed by atoms with Gasteiger partial charge >= 0.3 is 7.12 Å². The minimum atomic E-state index is -0.356. The van der Waals surface area contributed by atoms with Gasteiger partial charge < -0.3 is 9.31 Å². The van der Waals surface area contributed by atoms with E-state index in [9.17, 15) is 0 Å². The van der Waals surface area contributed by atoms with Crippen LogP contribution in [0.1, 0.15) is 38.1 Å². The van der Waals surface area contributed by atoms with Gasteiger partial charge in [0.1, 0.15) is 10.9 Å². The van der Waals surface area contributed by atoms with Crippen LogP contribution in [0, 0.1) is 18.3 Å². The number of rotatable bonds is 1. The molecular formula is C12H16BNO2S. The molecule has 0 aromatic carbocycles. The Morgan fingerprint density at radius 3 is 2.18 bits per heavy atom. The predicted molar refractivity (Wildman–Crippen MR) is 69.5 cm³/mol. The molecule has 0 radical (unpaired) electrons. The normalized spacial score (nSPS) is 21.5. The summed E-state index contributed by atoms with van der Waals surface area (Å²) in [6.45, 7) is 10.0. The molecule has 1 saturated heterocycles. The van der Waals surface area contributed by atoms with Crippen LogP contribution < -0.4 is 4.78 Å². The molecule has 3 nitrogen and oxygen atoms in total. The van der Waals surface area contributed by atoms with E-state index in [-0.39, 0.29) is 18.3 Å². The van der Waals surface area contributed by atoms with Gasteiger partial charge in [-0.3, -0.25) is 0 Å². The van der Waals surface area contributed by atoms with E-state index in [1.807, 2.05) is 40.7 Å². The van der Waals surface area contributed by atoms with Gasteiger partial charge in [-0.05, 0) is 46.2 Å². The van der Waals surface area contributed by atoms with Gasteiger partial charge in [0.25, 0.3) is 0 Å². The fourth-order valence-electron chi connectivity index (χ4n) is 1.69. The largest absolute Gasteiger partial charge is 0.505 e. The number of hydrogen-bond acceptors (Lipinski definition) is 4. The molecule has 90 valence electrons. The lowest BCUT2D eigenvalue weighted by atomic mass is 9.87. The van der Waals surface area contributed by atoms with Crippen LogP contribution in [0.3, 0.4) is 0 Å². The third-order valence-corrected chi connectivity index (χ3v) is 4.69. The van der Waals surface area contributed by atoms with E-state index in [1.165, 1.54) is 11.3 Å². The monoisotopic (exact) mass is 249 g/mol. The van der Waals surface area contributed by atoms with Crippen molar-refractivity contribution in [3.63, 3.8) is 0 Å². The van der Waals surface area contributed by atoms with Crippen molar-refractivity contribution in [3.8, 4) is 6.07 Å². The third kappa shape index (κ3) is 2.01. The molecule has 2 heterocycles. The maximum absolute atomic E-state index is 8.96. The Bertz CT molecular complexity index is 471. The predicted octanol–water partition coefficient (Wildman–Crippen LogP) is 2.23. The van der Waals surface area contributed by atoms with E-state index in [1.54, 1.807) is 0 Å². The Kier molecular flexibility index (Phi) is 2.85. The maximum Gasteiger partial charge on any atom is 0.505 e. The minimum absolute atomic E-state index is 0.331. The molecule has 1 aliphatic rings. The van der Waals surface area contributed by atoms with Crippen molar-refractivity contribution < 1.29 is 9.31 Å². The van der Waals surface area contributed by atoms with Crippen LogP contribution in [0.25, 0.3) is 0 Å². The van der Waals surface area contributed by atoms with Crippen molar-refractivity contribution >= 4 is 23.2 Å². The molecule has 0 saturated carbocycles. The molecule has 1 aromatic rings. The van der Waals surface area contributed by atoms with Gasteiger partial charge in [-0.2, -0.15) is 5.26 Å². The van der Waals surface area contributed by atoms with Gasteiger partial charge in [0.15, 0.2) is 0 Å². The number of nitriles is 1. The Hall–Kier alpha value is -0.825. The van der Waals surface area contributed by atoms with Crippen molar-refractivity contribution in [1.82, 2.24) is 0 Å². The Morgan fingerprint density at radius 2 is 1.76 bits per heavy atom. The molecule has 2 rings (SSSR count). The van der Waals surface area contributed by atoms with Gasteiger partial charge in [0.2, 0.25) is 0 Å². The maximum atomic E-state index is 8.96. The molecule has 0 unspecified atom stereocenters. The van der Waals surface area contributed by atoms with Crippen LogP contribution in [0.5, 0.6) is 0 Å². The standard InChI is InChI=1S/C12H16BNO2S/c1-8-6-10(17-9(8)7-14)13-15-11(2,3)12(4,5)16-13/h6H,1-5H3. The highest BCUT2D eigenvalue weighted by atomic mass is 32.1. The van der Waals surface area contributed by atoms with Crippen LogP contribution in [0.2, 0.25) is 0 Å². The second-order valence-electron chi connectivity index (χ2n) is 5.36. The molecule has 0 N–H and O–H groups in total. The first kappa shape index (κ1) is 12.6. The number of aryl methyl sites for hydroxylation is 1. The number of hydrogen-bond donors (Lipinski definition) is 0. The first-order valence-electron chi connectivity index (χ1n) is 5.63. The molecule has 1 aliphatic heterocycles. The molecular weight excluding hydrogens is 233 g/mol. The van der Waals surface area contributed by atoms with Gasteiger partial charge in [0, 0.05) is 4.78 Å². The Morgan fingerprint density at radius 1 is 1.24 bits per heavy atom. The van der Waals surface area contributed by atoms with Gasteiger partial charge in [-0.15, -0.1) is 11.3 Å². The SMILES string of the molecule is Cc1cc(B2OC(C)(C)C(C)(C)O2)sc1C#N. The average molecular weight is 249 g/mol. The van der Waals surface area contributed by atoms with Crippen LogP contribution in [-0.2, 0) is 9.31 Å². The summed E-state index contributed by atoms with van der Waals surface area (Å²) in [5, 5.41) is 8.96. The zero-order chi connectivity index (χ0) is 12.8. The van der Waals surface area contributed by atoms with Gasteiger partial charge in [-0.25, -0.2) is 0 Å². The highest BCUT2D eigenvalue weighted by Crippen LogP contribution is 2.37. The lowest BCUT2D eigenvalue weighted by molar-refractivity contribution is 0.00578. The molecule has 0 spiro atoms. The summed E-state index contributed by atoms with van der Waals surface area (Å²) in [6, 6.07) is 4.17. The quantitative estimate of drug-likeness (QED) is 0.717. The summed E-state index contributed by atoms with van der Waals surface area (Å²) in [4.78, 5) is 0.731. The summed E-state index contributed by atoms with van der Waals surface area (Å²) in [5.74, 6) is 0. The molecule has 0 aliphatic carbocycles. The van der Waals surface area contributed by atoms with E-state index in [0.29, 0.717) is 0 Å². The molecule has 0 atom stereocenters. The van der Waals surface area contributed by atoms with Crippen LogP contribution in [-0.4, -0.2) is 18.3 Å². The fourth-order valence-corrected chi connectivity index (χ4v) is 2.62. The van der Waals surface area contributed by atoms with Crippen molar-refractivity contribution in [1.29, 1.82) is 5.26 Å². The summed E-state index contributed by atoms with van der Waals surface area (Å²) in [6.07, 6.45) is 0. The third-order valence-electron chi connectivity index (χ3n) is 3.52. The molecule has 17 heavy (non-hydrogen) atoms. The lowest BCUT2D eigenvalue weighted by Crippen LogP contribution is -2.41. The molecule has 1 fully saturated rings. The zero-order valence-electron chi connectivity index (χ0n) is 10.8. The van der Waals surface area contributed by atoms with Crippen molar-refractivity contribution in [2.24, 2.45) is 0 Å². The van der Waals surface area contributed by atoms with E-state index in [4.69, 9.17) is 14.6 Å². The number of thiophene rings is 1. The molecule has 0 bridgehead atoms. The molecule has 0 amide bonds. The summed E-state index contributed by atoms with van der Waals surface area (Å²) < 4.78 is 12.9. The van der Waals surface area contributed by atoms with E-state index < -0.39 is 0 Å². The second kappa shape index (κ2) is 3.84. The summed E-state index contributed by atoms with van der Waals surface area (Å²) in [7, 11) is -0.356. The topological polar surface area (TPSA) is 42.2 Å². The van der Waals surface area contributed by atoms with Gasteiger partial charge in [0.05, 0.1) is 11.2 Å². The zero-order valence-corrected chi connectivity index (χ0v) is 11.6. The van der Waals surface area contributed by atoms with E-state index >= 15 is 0 Å². The van der Waals surface area contributed by atoms with E-state index in [0.717, 1.165) is 15.2 Å². The minimum Gasteiger partial charge on any atom is -0.399 e. The average Bonchev–Trinajstić information content (AvgIpc) is 2.66. The first-order chi connectivity index (χ1) is 7.77. The van der Waals surface area contributed by atoms with Crippen LogP contribution in [0.4, 0.5) is 0 Å². The lowest BCUT2D eigenvalue weighted by Gasteiger charge is -2.32. The Labute approximate surface area is 106 Å². The van der Waals surface area contributed by atoms with Gasteiger partial charge in [-0.1, -0.05) is 0 Å². The molecule has 5 heteroatoms.